The van der Waals surface area contributed by atoms with Gasteiger partial charge in [-0.15, -0.1) is 0 Å². The number of amides is 1. The lowest BCUT2D eigenvalue weighted by Gasteiger charge is -2.08. The van der Waals surface area contributed by atoms with Crippen molar-refractivity contribution in [3.8, 4) is 5.75 Å². The molecule has 0 unspecified atom stereocenters. The summed E-state index contributed by atoms with van der Waals surface area (Å²) in [5.41, 5.74) is 4.02. The smallest absolute Gasteiger partial charge is 0.307 e. The molecule has 3 rings (SSSR count). The normalized spacial score (nSPS) is 10.9. The molecule has 1 aromatic heterocycles. The van der Waals surface area contributed by atoms with E-state index in [0.717, 1.165) is 11.1 Å². The van der Waals surface area contributed by atoms with Crippen molar-refractivity contribution in [3.63, 3.8) is 0 Å². The Morgan fingerprint density at radius 1 is 1.19 bits per heavy atom. The third-order valence-electron chi connectivity index (χ3n) is 3.61. The number of ether oxygens (including phenoxy) is 1. The average molecular weight is 403 g/mol. The minimum absolute atomic E-state index is 0.210. The average Bonchev–Trinajstić information content (AvgIpc) is 3.08. The Kier molecular flexibility index (Phi) is 6.16. The summed E-state index contributed by atoms with van der Waals surface area (Å²) in [4.78, 5) is 11.9. The van der Waals surface area contributed by atoms with E-state index in [1.807, 2.05) is 24.3 Å². The van der Waals surface area contributed by atoms with Crippen molar-refractivity contribution in [3.05, 3.63) is 87.3 Å². The lowest BCUT2D eigenvalue weighted by atomic mass is 10.2. The molecule has 5 nitrogen and oxygen atoms in total. The molecule has 0 fully saturated rings. The number of carbonyl (C=O) groups is 1. The van der Waals surface area contributed by atoms with E-state index in [9.17, 15) is 4.79 Å². The topological polar surface area (TPSA) is 63.8 Å². The number of hydrogen-bond acceptors (Lipinski definition) is 4. The van der Waals surface area contributed by atoms with Gasteiger partial charge in [0.1, 0.15) is 18.1 Å². The number of aryl methyl sites for hydroxylation is 1. The number of furan rings is 1. The Morgan fingerprint density at radius 2 is 2.04 bits per heavy atom. The van der Waals surface area contributed by atoms with Crippen molar-refractivity contribution in [2.45, 2.75) is 13.5 Å². The quantitative estimate of drug-likeness (QED) is 0.452. The largest absolute Gasteiger partial charge is 0.489 e. The molecule has 3 aromatic rings. The fraction of sp³-hybridized carbons (Fsp3) is 0.100. The minimum Gasteiger partial charge on any atom is -0.489 e. The molecule has 1 amide bonds. The third kappa shape index (κ3) is 5.36. The molecular weight excluding hydrogens is 387 g/mol. The number of hydrogen-bond donors (Lipinski definition) is 1. The Hall–Kier alpha value is -2.76. The van der Waals surface area contributed by atoms with E-state index in [1.54, 1.807) is 37.3 Å². The number of rotatable bonds is 6. The van der Waals surface area contributed by atoms with Crippen LogP contribution < -0.4 is 10.2 Å². The first kappa shape index (κ1) is 19.0. The number of nitrogens with zero attached hydrogens (tertiary/aromatic N) is 1. The van der Waals surface area contributed by atoms with E-state index in [-0.39, 0.29) is 5.76 Å². The van der Waals surface area contributed by atoms with Crippen LogP contribution in [0, 0.1) is 6.92 Å². The van der Waals surface area contributed by atoms with Gasteiger partial charge in [-0.1, -0.05) is 41.4 Å². The molecule has 0 aliphatic heterocycles. The first-order valence-electron chi connectivity index (χ1n) is 8.08. The maximum atomic E-state index is 11.9. The maximum absolute atomic E-state index is 11.9. The van der Waals surface area contributed by atoms with Crippen LogP contribution in [0.1, 0.15) is 27.4 Å². The lowest BCUT2D eigenvalue weighted by Crippen LogP contribution is -2.16. The van der Waals surface area contributed by atoms with Crippen molar-refractivity contribution in [2.75, 3.05) is 0 Å². The lowest BCUT2D eigenvalue weighted by molar-refractivity contribution is 0.0926. The van der Waals surface area contributed by atoms with Crippen LogP contribution in [0.5, 0.6) is 5.75 Å². The summed E-state index contributed by atoms with van der Waals surface area (Å²) in [6.45, 7) is 2.08. The standard InChI is InChI=1S/C20H16Cl2N2O3/c1-13-5-8-19(27-13)20(25)24-23-11-14-3-2-4-17(9-14)26-12-15-6-7-16(21)10-18(15)22/h2-11H,12H2,1H3,(H,24,25)/b23-11-. The summed E-state index contributed by atoms with van der Waals surface area (Å²) >= 11 is 12.0. The molecule has 138 valence electrons. The van der Waals surface area contributed by atoms with Gasteiger partial charge in [0.25, 0.3) is 0 Å². The van der Waals surface area contributed by atoms with Crippen molar-refractivity contribution in [1.29, 1.82) is 0 Å². The zero-order valence-electron chi connectivity index (χ0n) is 14.4. The van der Waals surface area contributed by atoms with Crippen LogP contribution in [-0.2, 0) is 6.61 Å². The molecule has 0 aliphatic rings. The van der Waals surface area contributed by atoms with Crippen LogP contribution in [0.3, 0.4) is 0 Å². The molecule has 2 aromatic carbocycles. The summed E-state index contributed by atoms with van der Waals surface area (Å²) in [7, 11) is 0. The van der Waals surface area contributed by atoms with Crippen molar-refractivity contribution >= 4 is 35.3 Å². The zero-order chi connectivity index (χ0) is 19.2. The van der Waals surface area contributed by atoms with Crippen LogP contribution >= 0.6 is 23.2 Å². The number of hydrazone groups is 1. The fourth-order valence-corrected chi connectivity index (χ4v) is 2.72. The second kappa shape index (κ2) is 8.75. The highest BCUT2D eigenvalue weighted by Crippen LogP contribution is 2.23. The van der Waals surface area contributed by atoms with Crippen molar-refractivity contribution in [1.82, 2.24) is 5.43 Å². The van der Waals surface area contributed by atoms with Gasteiger partial charge < -0.3 is 9.15 Å². The van der Waals surface area contributed by atoms with Gasteiger partial charge in [0.05, 0.1) is 6.21 Å². The van der Waals surface area contributed by atoms with E-state index < -0.39 is 5.91 Å². The molecule has 7 heteroatoms. The fourth-order valence-electron chi connectivity index (χ4n) is 2.26. The summed E-state index contributed by atoms with van der Waals surface area (Å²) in [6.07, 6.45) is 1.52. The van der Waals surface area contributed by atoms with Crippen LogP contribution in [0.25, 0.3) is 0 Å². The Bertz CT molecular complexity index is 983. The Labute approximate surface area is 166 Å². The SMILES string of the molecule is Cc1ccc(C(=O)N/N=C\c2cccc(OCc3ccc(Cl)cc3Cl)c2)o1. The maximum Gasteiger partial charge on any atom is 0.307 e. The monoisotopic (exact) mass is 402 g/mol. The molecule has 1 heterocycles. The van der Waals surface area contributed by atoms with Gasteiger partial charge >= 0.3 is 5.91 Å². The predicted molar refractivity (Wildman–Crippen MR) is 106 cm³/mol. The highest BCUT2D eigenvalue weighted by molar-refractivity contribution is 6.35. The van der Waals surface area contributed by atoms with Gasteiger partial charge in [-0.05, 0) is 48.9 Å². The molecule has 0 spiro atoms. The minimum atomic E-state index is -0.413. The van der Waals surface area contributed by atoms with E-state index in [0.29, 0.717) is 28.2 Å². The molecule has 0 atom stereocenters. The van der Waals surface area contributed by atoms with Crippen LogP contribution in [0.4, 0.5) is 0 Å². The zero-order valence-corrected chi connectivity index (χ0v) is 15.9. The Balaban J connectivity index is 1.59. The van der Waals surface area contributed by atoms with Gasteiger partial charge in [-0.3, -0.25) is 4.79 Å². The van der Waals surface area contributed by atoms with Gasteiger partial charge in [0.15, 0.2) is 5.76 Å². The van der Waals surface area contributed by atoms with Gasteiger partial charge in [-0.25, -0.2) is 5.43 Å². The molecule has 0 radical (unpaired) electrons. The summed E-state index contributed by atoms with van der Waals surface area (Å²) in [5, 5.41) is 5.06. The van der Waals surface area contributed by atoms with Crippen LogP contribution in [0.15, 0.2) is 64.1 Å². The molecular formula is C20H16Cl2N2O3. The van der Waals surface area contributed by atoms with Crippen LogP contribution in [-0.4, -0.2) is 12.1 Å². The number of benzene rings is 2. The van der Waals surface area contributed by atoms with Crippen molar-refractivity contribution < 1.29 is 13.9 Å². The predicted octanol–water partition coefficient (Wildman–Crippen LogP) is 5.24. The first-order valence-corrected chi connectivity index (χ1v) is 8.83. The number of halogens is 2. The molecule has 1 N–H and O–H groups in total. The van der Waals surface area contributed by atoms with Gasteiger partial charge in [0.2, 0.25) is 0 Å². The Morgan fingerprint density at radius 3 is 2.78 bits per heavy atom. The highest BCUT2D eigenvalue weighted by Gasteiger charge is 2.08. The number of nitrogens with one attached hydrogen (secondary N) is 1. The van der Waals surface area contributed by atoms with Crippen LogP contribution in [0.2, 0.25) is 10.0 Å². The van der Waals surface area contributed by atoms with Gasteiger partial charge in [-0.2, -0.15) is 5.10 Å². The summed E-state index contributed by atoms with van der Waals surface area (Å²) < 4.78 is 11.0. The summed E-state index contributed by atoms with van der Waals surface area (Å²) in [5.74, 6) is 1.11. The molecule has 0 bridgehead atoms. The third-order valence-corrected chi connectivity index (χ3v) is 4.20. The van der Waals surface area contributed by atoms with E-state index in [4.69, 9.17) is 32.4 Å². The molecule has 0 aliphatic carbocycles. The van der Waals surface area contributed by atoms with Gasteiger partial charge in [0, 0.05) is 15.6 Å². The highest BCUT2D eigenvalue weighted by atomic mass is 35.5. The van der Waals surface area contributed by atoms with E-state index in [1.165, 1.54) is 6.21 Å². The van der Waals surface area contributed by atoms with E-state index in [2.05, 4.69) is 10.5 Å². The molecule has 27 heavy (non-hydrogen) atoms. The molecule has 0 saturated carbocycles. The van der Waals surface area contributed by atoms with E-state index >= 15 is 0 Å². The number of carbonyl (C=O) groups excluding carboxylic acids is 1. The molecule has 0 saturated heterocycles. The second-order valence-corrected chi connectivity index (χ2v) is 6.55. The second-order valence-electron chi connectivity index (χ2n) is 5.71. The van der Waals surface area contributed by atoms with Crippen molar-refractivity contribution in [2.24, 2.45) is 5.10 Å². The first-order chi connectivity index (χ1) is 13.0. The summed E-state index contributed by atoms with van der Waals surface area (Å²) in [6, 6.07) is 15.9.